The molecule has 2 amide bonds. The molecule has 0 radical (unpaired) electrons. The molecule has 1 saturated heterocycles. The highest BCUT2D eigenvalue weighted by molar-refractivity contribution is 6.00. The van der Waals surface area contributed by atoms with Crippen molar-refractivity contribution >= 4 is 28.4 Å². The molecule has 1 unspecified atom stereocenters. The SMILES string of the molecule is CCn1cc(C(=O)NC(C)C(=O)N2CCN(c3ccccc3)CC2)c(=O)c2cc3c(cc21)OCO3. The molecule has 0 bridgehead atoms. The Balaban J connectivity index is 1.30. The van der Waals surface area contributed by atoms with E-state index in [2.05, 4.69) is 22.3 Å². The number of benzene rings is 2. The van der Waals surface area contributed by atoms with Gasteiger partial charge >= 0.3 is 0 Å². The zero-order valence-corrected chi connectivity index (χ0v) is 19.8. The Kier molecular flexibility index (Phi) is 6.07. The molecule has 5 rings (SSSR count). The van der Waals surface area contributed by atoms with Crippen LogP contribution in [0.2, 0.25) is 0 Å². The second-order valence-electron chi connectivity index (χ2n) is 8.72. The van der Waals surface area contributed by atoms with Gasteiger partial charge in [0.1, 0.15) is 11.6 Å². The molecule has 1 atom stereocenters. The van der Waals surface area contributed by atoms with E-state index in [-0.39, 0.29) is 18.3 Å². The Hall–Kier alpha value is -4.01. The van der Waals surface area contributed by atoms with Gasteiger partial charge < -0.3 is 29.2 Å². The summed E-state index contributed by atoms with van der Waals surface area (Å²) in [5.74, 6) is 0.322. The fourth-order valence-electron chi connectivity index (χ4n) is 4.64. The van der Waals surface area contributed by atoms with E-state index in [1.807, 2.05) is 29.7 Å². The van der Waals surface area contributed by atoms with Crippen molar-refractivity contribution < 1.29 is 19.1 Å². The Morgan fingerprint density at radius 2 is 1.71 bits per heavy atom. The first-order valence-electron chi connectivity index (χ1n) is 11.8. The van der Waals surface area contributed by atoms with Gasteiger partial charge in [0.05, 0.1) is 10.9 Å². The quantitative estimate of drug-likeness (QED) is 0.607. The zero-order valence-electron chi connectivity index (χ0n) is 19.8. The molecular weight excluding hydrogens is 448 g/mol. The summed E-state index contributed by atoms with van der Waals surface area (Å²) < 4.78 is 12.7. The molecule has 2 aromatic carbocycles. The summed E-state index contributed by atoms with van der Waals surface area (Å²) >= 11 is 0. The number of nitrogens with one attached hydrogen (secondary N) is 1. The minimum absolute atomic E-state index is 0.00763. The van der Waals surface area contributed by atoms with E-state index < -0.39 is 17.4 Å². The van der Waals surface area contributed by atoms with Crippen LogP contribution in [-0.4, -0.2) is 60.3 Å². The van der Waals surface area contributed by atoms with Crippen LogP contribution in [0, 0.1) is 0 Å². The molecule has 1 aromatic heterocycles. The normalized spacial score (nSPS) is 15.8. The molecule has 1 N–H and O–H groups in total. The Morgan fingerprint density at radius 3 is 2.40 bits per heavy atom. The van der Waals surface area contributed by atoms with Crippen LogP contribution in [0.5, 0.6) is 11.5 Å². The number of carbonyl (C=O) groups excluding carboxylic acids is 2. The minimum Gasteiger partial charge on any atom is -0.454 e. The third kappa shape index (κ3) is 4.29. The number of rotatable bonds is 5. The van der Waals surface area contributed by atoms with Crippen molar-refractivity contribution in [1.82, 2.24) is 14.8 Å². The number of nitrogens with zero attached hydrogens (tertiary/aromatic N) is 3. The predicted octanol–water partition coefficient (Wildman–Crippen LogP) is 2.22. The Bertz CT molecular complexity index is 1330. The van der Waals surface area contributed by atoms with Crippen molar-refractivity contribution in [2.24, 2.45) is 0 Å². The highest BCUT2D eigenvalue weighted by atomic mass is 16.7. The van der Waals surface area contributed by atoms with E-state index >= 15 is 0 Å². The number of anilines is 1. The number of carbonyl (C=O) groups is 2. The molecule has 9 nitrogen and oxygen atoms in total. The third-order valence-electron chi connectivity index (χ3n) is 6.59. The van der Waals surface area contributed by atoms with E-state index in [4.69, 9.17) is 9.47 Å². The summed E-state index contributed by atoms with van der Waals surface area (Å²) in [6.07, 6.45) is 1.54. The van der Waals surface area contributed by atoms with Gasteiger partial charge in [-0.3, -0.25) is 14.4 Å². The maximum Gasteiger partial charge on any atom is 0.257 e. The van der Waals surface area contributed by atoms with Gasteiger partial charge in [0, 0.05) is 50.7 Å². The maximum absolute atomic E-state index is 13.2. The van der Waals surface area contributed by atoms with E-state index in [0.717, 1.165) is 18.8 Å². The molecule has 9 heteroatoms. The molecule has 35 heavy (non-hydrogen) atoms. The molecule has 2 aliphatic rings. The first kappa shape index (κ1) is 22.8. The topological polar surface area (TPSA) is 93.1 Å². The first-order valence-corrected chi connectivity index (χ1v) is 11.8. The maximum atomic E-state index is 13.2. The average molecular weight is 477 g/mol. The lowest BCUT2D eigenvalue weighted by Gasteiger charge is -2.37. The third-order valence-corrected chi connectivity index (χ3v) is 6.59. The van der Waals surface area contributed by atoms with Crippen LogP contribution in [0.25, 0.3) is 10.9 Å². The number of hydrogen-bond acceptors (Lipinski definition) is 6. The number of ether oxygens (including phenoxy) is 2. The highest BCUT2D eigenvalue weighted by Crippen LogP contribution is 2.35. The summed E-state index contributed by atoms with van der Waals surface area (Å²) in [5.41, 5.74) is 1.38. The molecule has 1 fully saturated rings. The fraction of sp³-hybridized carbons (Fsp3) is 0.346. The van der Waals surface area contributed by atoms with Crippen LogP contribution in [0.15, 0.2) is 53.5 Å². The van der Waals surface area contributed by atoms with Crippen LogP contribution in [0.4, 0.5) is 5.69 Å². The highest BCUT2D eigenvalue weighted by Gasteiger charge is 2.27. The second kappa shape index (κ2) is 9.32. The summed E-state index contributed by atoms with van der Waals surface area (Å²) in [7, 11) is 0. The Morgan fingerprint density at radius 1 is 1.03 bits per heavy atom. The molecule has 3 heterocycles. The number of para-hydroxylation sites is 1. The van der Waals surface area contributed by atoms with Crippen molar-refractivity contribution in [3.63, 3.8) is 0 Å². The van der Waals surface area contributed by atoms with Crippen molar-refractivity contribution in [2.45, 2.75) is 26.4 Å². The lowest BCUT2D eigenvalue weighted by atomic mass is 10.1. The summed E-state index contributed by atoms with van der Waals surface area (Å²) in [6.45, 7) is 6.81. The van der Waals surface area contributed by atoms with Gasteiger partial charge in [-0.15, -0.1) is 0 Å². The van der Waals surface area contributed by atoms with Crippen molar-refractivity contribution in [3.05, 3.63) is 64.4 Å². The van der Waals surface area contributed by atoms with Crippen molar-refractivity contribution in [2.75, 3.05) is 37.9 Å². The summed E-state index contributed by atoms with van der Waals surface area (Å²) in [5, 5.41) is 3.11. The zero-order chi connectivity index (χ0) is 24.5. The number of amides is 2. The predicted molar refractivity (Wildman–Crippen MR) is 132 cm³/mol. The molecular formula is C26H28N4O5. The summed E-state index contributed by atoms with van der Waals surface area (Å²) in [4.78, 5) is 43.3. The lowest BCUT2D eigenvalue weighted by molar-refractivity contribution is -0.133. The second-order valence-corrected chi connectivity index (χ2v) is 8.72. The molecule has 3 aromatic rings. The van der Waals surface area contributed by atoms with Crippen LogP contribution in [0.1, 0.15) is 24.2 Å². The van der Waals surface area contributed by atoms with Gasteiger partial charge in [-0.05, 0) is 32.0 Å². The number of aromatic nitrogens is 1. The largest absolute Gasteiger partial charge is 0.454 e. The van der Waals surface area contributed by atoms with E-state index in [0.29, 0.717) is 42.0 Å². The van der Waals surface area contributed by atoms with Gasteiger partial charge in [0.15, 0.2) is 11.5 Å². The van der Waals surface area contributed by atoms with E-state index in [1.165, 1.54) is 6.20 Å². The molecule has 0 saturated carbocycles. The van der Waals surface area contributed by atoms with Gasteiger partial charge in [-0.25, -0.2) is 0 Å². The lowest BCUT2D eigenvalue weighted by Crippen LogP contribution is -2.54. The number of fused-ring (bicyclic) bond motifs is 2. The van der Waals surface area contributed by atoms with E-state index in [9.17, 15) is 14.4 Å². The minimum atomic E-state index is -0.757. The number of piperazine rings is 1. The number of pyridine rings is 1. The van der Waals surface area contributed by atoms with E-state index in [1.54, 1.807) is 24.0 Å². The fourth-order valence-corrected chi connectivity index (χ4v) is 4.64. The van der Waals surface area contributed by atoms with Crippen LogP contribution in [-0.2, 0) is 11.3 Å². The van der Waals surface area contributed by atoms with Gasteiger partial charge in [0.2, 0.25) is 18.1 Å². The molecule has 0 spiro atoms. The molecule has 182 valence electrons. The monoisotopic (exact) mass is 476 g/mol. The smallest absolute Gasteiger partial charge is 0.257 e. The Labute approximate surface area is 202 Å². The van der Waals surface area contributed by atoms with Gasteiger partial charge in [-0.2, -0.15) is 0 Å². The average Bonchev–Trinajstić information content (AvgIpc) is 3.36. The molecule has 2 aliphatic heterocycles. The van der Waals surface area contributed by atoms with Crippen LogP contribution >= 0.6 is 0 Å². The van der Waals surface area contributed by atoms with Crippen LogP contribution < -0.4 is 25.1 Å². The number of aryl methyl sites for hydroxylation is 1. The van der Waals surface area contributed by atoms with Crippen molar-refractivity contribution in [1.29, 1.82) is 0 Å². The van der Waals surface area contributed by atoms with Crippen molar-refractivity contribution in [3.8, 4) is 11.5 Å². The van der Waals surface area contributed by atoms with Crippen LogP contribution in [0.3, 0.4) is 0 Å². The standard InChI is InChI=1S/C26H28N4O5/c1-3-28-15-20(24(31)19-13-22-23(14-21(19)28)35-16-34-22)25(32)27-17(2)26(33)30-11-9-29(10-12-30)18-7-5-4-6-8-18/h4-8,13-15,17H,3,9-12,16H2,1-2H3,(H,27,32). The first-order chi connectivity index (χ1) is 17.0. The van der Waals surface area contributed by atoms with Gasteiger partial charge in [-0.1, -0.05) is 18.2 Å². The van der Waals surface area contributed by atoms with Gasteiger partial charge in [0.25, 0.3) is 5.91 Å². The number of hydrogen-bond donors (Lipinski definition) is 1. The molecule has 0 aliphatic carbocycles. The summed E-state index contributed by atoms with van der Waals surface area (Å²) in [6, 6.07) is 12.7.